The smallest absolute Gasteiger partial charge is 0.166 e. The molecular formula is C14H15FO2. The summed E-state index contributed by atoms with van der Waals surface area (Å²) in [5.41, 5.74) is 0.911. The van der Waals surface area contributed by atoms with E-state index >= 15 is 0 Å². The van der Waals surface area contributed by atoms with Crippen molar-refractivity contribution in [2.75, 3.05) is 0 Å². The number of benzene rings is 1. The van der Waals surface area contributed by atoms with Crippen molar-refractivity contribution in [3.63, 3.8) is 0 Å². The average Bonchev–Trinajstić information content (AvgIpc) is 2.32. The Balaban J connectivity index is 2.18. The molecule has 0 saturated heterocycles. The van der Waals surface area contributed by atoms with Gasteiger partial charge in [-0.3, -0.25) is 9.59 Å². The molecular weight excluding hydrogens is 219 g/mol. The first kappa shape index (κ1) is 12.0. The molecule has 1 aliphatic rings. The Morgan fingerprint density at radius 2 is 2.18 bits per heavy atom. The van der Waals surface area contributed by atoms with E-state index in [9.17, 15) is 14.0 Å². The van der Waals surface area contributed by atoms with Crippen molar-refractivity contribution in [3.8, 4) is 0 Å². The molecule has 1 unspecified atom stereocenters. The summed E-state index contributed by atoms with van der Waals surface area (Å²) in [6.45, 7) is 1.66. The number of hydrogen-bond acceptors (Lipinski definition) is 2. The second kappa shape index (κ2) is 4.78. The fourth-order valence-corrected chi connectivity index (χ4v) is 2.23. The Bertz CT molecular complexity index is 465. The molecule has 0 aromatic heterocycles. The van der Waals surface area contributed by atoms with Crippen molar-refractivity contribution in [1.82, 2.24) is 0 Å². The monoisotopic (exact) mass is 234 g/mol. The van der Waals surface area contributed by atoms with E-state index in [1.54, 1.807) is 19.1 Å². The summed E-state index contributed by atoms with van der Waals surface area (Å²) >= 11 is 0. The minimum atomic E-state index is -0.363. The van der Waals surface area contributed by atoms with Gasteiger partial charge >= 0.3 is 0 Å². The second-order valence-electron chi connectivity index (χ2n) is 4.66. The van der Waals surface area contributed by atoms with E-state index in [2.05, 4.69) is 0 Å². The molecule has 1 atom stereocenters. The van der Waals surface area contributed by atoms with Gasteiger partial charge in [-0.1, -0.05) is 12.1 Å². The molecule has 1 aromatic carbocycles. The van der Waals surface area contributed by atoms with Crippen LogP contribution in [-0.4, -0.2) is 11.6 Å². The van der Waals surface area contributed by atoms with Gasteiger partial charge < -0.3 is 0 Å². The predicted molar refractivity (Wildman–Crippen MR) is 62.4 cm³/mol. The molecule has 1 aliphatic carbocycles. The first-order valence-corrected chi connectivity index (χ1v) is 5.90. The minimum absolute atomic E-state index is 0.100. The Morgan fingerprint density at radius 1 is 1.41 bits per heavy atom. The van der Waals surface area contributed by atoms with Crippen molar-refractivity contribution in [2.24, 2.45) is 5.92 Å². The predicted octanol–water partition coefficient (Wildman–Crippen LogP) is 3.08. The van der Waals surface area contributed by atoms with Gasteiger partial charge in [-0.2, -0.15) is 0 Å². The highest BCUT2D eigenvalue weighted by Crippen LogP contribution is 2.25. The van der Waals surface area contributed by atoms with Crippen LogP contribution in [0.15, 0.2) is 18.2 Å². The van der Waals surface area contributed by atoms with Gasteiger partial charge in [-0.15, -0.1) is 0 Å². The molecule has 0 N–H and O–H groups in total. The van der Waals surface area contributed by atoms with E-state index in [0.29, 0.717) is 24.0 Å². The lowest BCUT2D eigenvalue weighted by Crippen LogP contribution is -2.23. The highest BCUT2D eigenvalue weighted by Gasteiger charge is 2.26. The highest BCUT2D eigenvalue weighted by atomic mass is 19.1. The molecule has 0 amide bonds. The molecule has 2 nitrogen and oxygen atoms in total. The van der Waals surface area contributed by atoms with Crippen LogP contribution in [0.3, 0.4) is 0 Å². The van der Waals surface area contributed by atoms with Crippen LogP contribution < -0.4 is 0 Å². The van der Waals surface area contributed by atoms with Crippen LogP contribution in [0.4, 0.5) is 4.39 Å². The third kappa shape index (κ3) is 2.60. The molecule has 17 heavy (non-hydrogen) atoms. The number of ketones is 2. The van der Waals surface area contributed by atoms with Gasteiger partial charge in [0.25, 0.3) is 0 Å². The molecule has 0 radical (unpaired) electrons. The number of hydrogen-bond donors (Lipinski definition) is 0. The Kier molecular flexibility index (Phi) is 3.36. The van der Waals surface area contributed by atoms with E-state index < -0.39 is 0 Å². The first-order valence-electron chi connectivity index (χ1n) is 5.90. The molecule has 1 aromatic rings. The molecule has 0 aliphatic heterocycles. The van der Waals surface area contributed by atoms with Crippen LogP contribution in [-0.2, 0) is 4.79 Å². The zero-order valence-corrected chi connectivity index (χ0v) is 9.83. The normalized spacial score (nSPS) is 20.4. The van der Waals surface area contributed by atoms with Crippen molar-refractivity contribution in [1.29, 1.82) is 0 Å². The summed E-state index contributed by atoms with van der Waals surface area (Å²) in [6.07, 6.45) is 2.39. The molecule has 0 bridgehead atoms. The number of carbonyl (C=O) groups excluding carboxylic acids is 2. The maximum absolute atomic E-state index is 13.4. The lowest BCUT2D eigenvalue weighted by Gasteiger charge is -2.19. The quantitative estimate of drug-likeness (QED) is 0.737. The maximum Gasteiger partial charge on any atom is 0.166 e. The molecule has 1 saturated carbocycles. The number of aryl methyl sites for hydroxylation is 1. The third-order valence-corrected chi connectivity index (χ3v) is 3.31. The van der Waals surface area contributed by atoms with Crippen LogP contribution in [0.5, 0.6) is 0 Å². The summed E-state index contributed by atoms with van der Waals surface area (Å²) < 4.78 is 13.4. The van der Waals surface area contributed by atoms with Crippen LogP contribution in [0, 0.1) is 18.7 Å². The summed E-state index contributed by atoms with van der Waals surface area (Å²) in [6, 6.07) is 4.52. The number of carbonyl (C=O) groups is 2. The zero-order valence-electron chi connectivity index (χ0n) is 9.83. The first-order chi connectivity index (χ1) is 8.08. The number of rotatable bonds is 2. The second-order valence-corrected chi connectivity index (χ2v) is 4.66. The molecule has 0 heterocycles. The average molecular weight is 234 g/mol. The summed E-state index contributed by atoms with van der Waals surface area (Å²) in [5.74, 6) is -0.574. The third-order valence-electron chi connectivity index (χ3n) is 3.31. The highest BCUT2D eigenvalue weighted by molar-refractivity contribution is 6.00. The number of Topliss-reactive ketones (excluding diaryl/α,β-unsaturated/α-hetero) is 2. The van der Waals surface area contributed by atoms with Crippen LogP contribution >= 0.6 is 0 Å². The van der Waals surface area contributed by atoms with E-state index in [4.69, 9.17) is 0 Å². The van der Waals surface area contributed by atoms with Gasteiger partial charge in [-0.05, 0) is 31.4 Å². The Hall–Kier alpha value is -1.51. The fourth-order valence-electron chi connectivity index (χ4n) is 2.23. The molecule has 0 spiro atoms. The standard InChI is InChI=1S/C14H15FO2/c1-9-5-6-11(8-13(9)15)14(17)10-3-2-4-12(16)7-10/h5-6,8,10H,2-4,7H2,1H3. The van der Waals surface area contributed by atoms with Crippen LogP contribution in [0.2, 0.25) is 0 Å². The topological polar surface area (TPSA) is 34.1 Å². The molecule has 3 heteroatoms. The van der Waals surface area contributed by atoms with Gasteiger partial charge in [-0.25, -0.2) is 4.39 Å². The van der Waals surface area contributed by atoms with E-state index in [-0.39, 0.29) is 23.3 Å². The van der Waals surface area contributed by atoms with Gasteiger partial charge in [0.15, 0.2) is 5.78 Å². The number of halogens is 1. The SMILES string of the molecule is Cc1ccc(C(=O)C2CCCC(=O)C2)cc1F. The van der Waals surface area contributed by atoms with E-state index in [1.807, 2.05) is 0 Å². The van der Waals surface area contributed by atoms with Gasteiger partial charge in [0.05, 0.1) is 0 Å². The Morgan fingerprint density at radius 3 is 2.82 bits per heavy atom. The maximum atomic E-state index is 13.4. The minimum Gasteiger partial charge on any atom is -0.300 e. The Labute approximate surface area is 99.8 Å². The van der Waals surface area contributed by atoms with Crippen molar-refractivity contribution in [3.05, 3.63) is 35.1 Å². The lowest BCUT2D eigenvalue weighted by molar-refractivity contribution is -0.121. The molecule has 1 fully saturated rings. The fraction of sp³-hybridized carbons (Fsp3) is 0.429. The summed E-state index contributed by atoms with van der Waals surface area (Å²) in [4.78, 5) is 23.4. The van der Waals surface area contributed by atoms with E-state index in [1.165, 1.54) is 6.07 Å². The van der Waals surface area contributed by atoms with Gasteiger partial charge in [0.1, 0.15) is 11.6 Å². The van der Waals surface area contributed by atoms with Gasteiger partial charge in [0, 0.05) is 24.3 Å². The summed E-state index contributed by atoms with van der Waals surface area (Å²) in [7, 11) is 0. The van der Waals surface area contributed by atoms with E-state index in [0.717, 1.165) is 12.8 Å². The largest absolute Gasteiger partial charge is 0.300 e. The zero-order chi connectivity index (χ0) is 12.4. The van der Waals surface area contributed by atoms with Gasteiger partial charge in [0.2, 0.25) is 0 Å². The van der Waals surface area contributed by atoms with Crippen LogP contribution in [0.1, 0.15) is 41.6 Å². The van der Waals surface area contributed by atoms with Crippen molar-refractivity contribution in [2.45, 2.75) is 32.6 Å². The lowest BCUT2D eigenvalue weighted by atomic mass is 9.83. The molecule has 2 rings (SSSR count). The van der Waals surface area contributed by atoms with Crippen LogP contribution in [0.25, 0.3) is 0 Å². The van der Waals surface area contributed by atoms with Crippen molar-refractivity contribution >= 4 is 11.6 Å². The summed E-state index contributed by atoms with van der Waals surface area (Å²) in [5, 5.41) is 0. The molecule has 90 valence electrons. The van der Waals surface area contributed by atoms with Crippen molar-refractivity contribution < 1.29 is 14.0 Å².